The first-order valence-corrected chi connectivity index (χ1v) is 10.3. The third kappa shape index (κ3) is 4.93. The number of nitrogens with zero attached hydrogens (tertiary/aromatic N) is 2. The van der Waals surface area contributed by atoms with Gasteiger partial charge in [-0.1, -0.05) is 19.4 Å². The van der Waals surface area contributed by atoms with E-state index in [1.54, 1.807) is 0 Å². The van der Waals surface area contributed by atoms with Crippen LogP contribution in [0.4, 0.5) is 0 Å². The minimum atomic E-state index is -0.391. The van der Waals surface area contributed by atoms with Gasteiger partial charge in [0, 0.05) is 39.3 Å². The first kappa shape index (κ1) is 19.0. The molecule has 6 heteroatoms. The van der Waals surface area contributed by atoms with Crippen molar-refractivity contribution in [1.82, 2.24) is 9.80 Å². The molecule has 150 valence electrons. The zero-order chi connectivity index (χ0) is 18.6. The van der Waals surface area contributed by atoms with E-state index in [9.17, 15) is 5.11 Å². The first-order valence-electron chi connectivity index (χ1n) is 10.3. The van der Waals surface area contributed by atoms with Crippen LogP contribution < -0.4 is 9.47 Å². The van der Waals surface area contributed by atoms with E-state index in [-0.39, 0.29) is 0 Å². The number of piperazine rings is 1. The number of fused-ring (bicyclic) bond motifs is 1. The standard InChI is InChI=1S/C21H32N2O4/c1-16-3-2-4-19(16)25-14-18(24)13-23-9-7-22(8-10-23)12-17-5-6-20-21(11-17)27-15-26-20/h5-6,11,16,18-19,24H,2-4,7-10,12-15H2,1H3/t16-,18+,19-/m1/s1. The molecule has 27 heavy (non-hydrogen) atoms. The maximum Gasteiger partial charge on any atom is 0.231 e. The van der Waals surface area contributed by atoms with Crippen LogP contribution in [0.3, 0.4) is 0 Å². The Kier molecular flexibility index (Phi) is 6.18. The summed E-state index contributed by atoms with van der Waals surface area (Å²) in [6.07, 6.45) is 3.61. The van der Waals surface area contributed by atoms with Gasteiger partial charge in [0.15, 0.2) is 11.5 Å². The van der Waals surface area contributed by atoms with Crippen LogP contribution in [0.5, 0.6) is 11.5 Å². The Balaban J connectivity index is 1.16. The molecule has 0 aromatic heterocycles. The van der Waals surface area contributed by atoms with Crippen LogP contribution in [0, 0.1) is 5.92 Å². The monoisotopic (exact) mass is 376 g/mol. The number of hydrogen-bond acceptors (Lipinski definition) is 6. The minimum Gasteiger partial charge on any atom is -0.454 e. The van der Waals surface area contributed by atoms with E-state index in [0.29, 0.717) is 32.0 Å². The van der Waals surface area contributed by atoms with E-state index in [2.05, 4.69) is 28.9 Å². The van der Waals surface area contributed by atoms with Crippen molar-refractivity contribution in [2.45, 2.75) is 44.9 Å². The van der Waals surface area contributed by atoms with E-state index in [0.717, 1.165) is 50.6 Å². The van der Waals surface area contributed by atoms with Crippen LogP contribution in [-0.2, 0) is 11.3 Å². The largest absolute Gasteiger partial charge is 0.454 e. The molecular weight excluding hydrogens is 344 g/mol. The average Bonchev–Trinajstić information content (AvgIpc) is 3.30. The molecule has 2 aliphatic heterocycles. The van der Waals surface area contributed by atoms with Crippen LogP contribution in [0.25, 0.3) is 0 Å². The molecule has 1 aromatic rings. The summed E-state index contributed by atoms with van der Waals surface area (Å²) in [7, 11) is 0. The molecule has 0 spiro atoms. The molecule has 6 nitrogen and oxygen atoms in total. The fourth-order valence-electron chi connectivity index (χ4n) is 4.37. The molecule has 1 aromatic carbocycles. The molecule has 0 radical (unpaired) electrons. The number of aliphatic hydroxyl groups is 1. The van der Waals surface area contributed by atoms with Crippen LogP contribution in [0.15, 0.2) is 18.2 Å². The minimum absolute atomic E-state index is 0.323. The van der Waals surface area contributed by atoms with Crippen molar-refractivity contribution in [3.05, 3.63) is 23.8 Å². The topological polar surface area (TPSA) is 54.4 Å². The van der Waals surface area contributed by atoms with E-state index >= 15 is 0 Å². The molecule has 4 rings (SSSR count). The molecule has 3 atom stereocenters. The fourth-order valence-corrected chi connectivity index (χ4v) is 4.37. The van der Waals surface area contributed by atoms with Gasteiger partial charge >= 0.3 is 0 Å². The third-order valence-electron chi connectivity index (χ3n) is 6.06. The number of rotatable bonds is 7. The molecule has 0 unspecified atom stereocenters. The van der Waals surface area contributed by atoms with Gasteiger partial charge in [-0.25, -0.2) is 0 Å². The summed E-state index contributed by atoms with van der Waals surface area (Å²) in [4.78, 5) is 4.80. The van der Waals surface area contributed by atoms with Crippen LogP contribution in [0.2, 0.25) is 0 Å². The Labute approximate surface area is 162 Å². The van der Waals surface area contributed by atoms with Crippen LogP contribution in [0.1, 0.15) is 31.7 Å². The highest BCUT2D eigenvalue weighted by atomic mass is 16.7. The number of aliphatic hydroxyl groups excluding tert-OH is 1. The average molecular weight is 376 g/mol. The number of ether oxygens (including phenoxy) is 3. The highest BCUT2D eigenvalue weighted by Crippen LogP contribution is 2.33. The summed E-state index contributed by atoms with van der Waals surface area (Å²) in [5.41, 5.74) is 1.26. The fraction of sp³-hybridized carbons (Fsp3) is 0.714. The van der Waals surface area contributed by atoms with Gasteiger partial charge in [0.25, 0.3) is 0 Å². The number of benzene rings is 1. The Morgan fingerprint density at radius 3 is 2.67 bits per heavy atom. The molecule has 1 saturated heterocycles. The summed E-state index contributed by atoms with van der Waals surface area (Å²) in [6.45, 7) is 8.68. The van der Waals surface area contributed by atoms with Gasteiger partial charge in [0.1, 0.15) is 0 Å². The third-order valence-corrected chi connectivity index (χ3v) is 6.06. The SMILES string of the molecule is C[C@@H]1CCC[C@H]1OC[C@@H](O)CN1CCN(Cc2ccc3c(c2)OCO3)CC1. The summed E-state index contributed by atoms with van der Waals surface area (Å²) in [6, 6.07) is 6.19. The van der Waals surface area contributed by atoms with Crippen LogP contribution in [-0.4, -0.2) is 73.2 Å². The number of hydrogen-bond donors (Lipinski definition) is 1. The van der Waals surface area contributed by atoms with Gasteiger partial charge in [0.05, 0.1) is 18.8 Å². The Morgan fingerprint density at radius 2 is 1.89 bits per heavy atom. The Morgan fingerprint density at radius 1 is 1.11 bits per heavy atom. The lowest BCUT2D eigenvalue weighted by atomic mass is 10.1. The zero-order valence-electron chi connectivity index (χ0n) is 16.3. The van der Waals surface area contributed by atoms with Crippen molar-refractivity contribution in [1.29, 1.82) is 0 Å². The van der Waals surface area contributed by atoms with Crippen molar-refractivity contribution in [3.63, 3.8) is 0 Å². The predicted octanol–water partition coefficient (Wildman–Crippen LogP) is 2.10. The first-order chi connectivity index (χ1) is 13.2. The molecule has 1 aliphatic carbocycles. The van der Waals surface area contributed by atoms with E-state index in [4.69, 9.17) is 14.2 Å². The molecule has 0 amide bonds. The Bertz CT molecular complexity index is 618. The van der Waals surface area contributed by atoms with E-state index in [1.165, 1.54) is 18.4 Å². The van der Waals surface area contributed by atoms with Crippen molar-refractivity contribution >= 4 is 0 Å². The molecule has 3 aliphatic rings. The van der Waals surface area contributed by atoms with Crippen molar-refractivity contribution in [3.8, 4) is 11.5 Å². The molecule has 2 heterocycles. The second kappa shape index (κ2) is 8.78. The lowest BCUT2D eigenvalue weighted by molar-refractivity contribution is -0.0358. The lowest BCUT2D eigenvalue weighted by Crippen LogP contribution is -2.48. The molecular formula is C21H32N2O4. The van der Waals surface area contributed by atoms with E-state index in [1.807, 2.05) is 6.07 Å². The van der Waals surface area contributed by atoms with Crippen LogP contribution >= 0.6 is 0 Å². The van der Waals surface area contributed by atoms with Gasteiger partial charge in [-0.3, -0.25) is 9.80 Å². The molecule has 0 bridgehead atoms. The summed E-state index contributed by atoms with van der Waals surface area (Å²) < 4.78 is 16.8. The van der Waals surface area contributed by atoms with Crippen molar-refractivity contribution in [2.75, 3.05) is 46.1 Å². The zero-order valence-corrected chi connectivity index (χ0v) is 16.3. The van der Waals surface area contributed by atoms with Gasteiger partial charge in [-0.05, 0) is 36.5 Å². The highest BCUT2D eigenvalue weighted by molar-refractivity contribution is 5.44. The van der Waals surface area contributed by atoms with Gasteiger partial charge in [-0.15, -0.1) is 0 Å². The summed E-state index contributed by atoms with van der Waals surface area (Å²) in [5.74, 6) is 2.33. The maximum atomic E-state index is 10.3. The second-order valence-electron chi connectivity index (χ2n) is 8.20. The van der Waals surface area contributed by atoms with Crippen molar-refractivity contribution in [2.24, 2.45) is 5.92 Å². The Hall–Kier alpha value is -1.34. The van der Waals surface area contributed by atoms with Gasteiger partial charge < -0.3 is 19.3 Å². The summed E-state index contributed by atoms with van der Waals surface area (Å²) in [5, 5.41) is 10.3. The second-order valence-corrected chi connectivity index (χ2v) is 8.20. The lowest BCUT2D eigenvalue weighted by Gasteiger charge is -2.35. The van der Waals surface area contributed by atoms with Gasteiger partial charge in [0.2, 0.25) is 6.79 Å². The molecule has 2 fully saturated rings. The number of β-amino-alcohol motifs (C(OH)–C–C–N with tert-alkyl or cyclic N) is 1. The van der Waals surface area contributed by atoms with Gasteiger partial charge in [-0.2, -0.15) is 0 Å². The van der Waals surface area contributed by atoms with Crippen molar-refractivity contribution < 1.29 is 19.3 Å². The summed E-state index contributed by atoms with van der Waals surface area (Å²) >= 11 is 0. The highest BCUT2D eigenvalue weighted by Gasteiger charge is 2.26. The molecule has 1 N–H and O–H groups in total. The smallest absolute Gasteiger partial charge is 0.231 e. The maximum absolute atomic E-state index is 10.3. The van der Waals surface area contributed by atoms with E-state index < -0.39 is 6.10 Å². The normalized spacial score (nSPS) is 27.2. The molecule has 1 saturated carbocycles. The predicted molar refractivity (Wildman–Crippen MR) is 103 cm³/mol. The quantitative estimate of drug-likeness (QED) is 0.787.